The quantitative estimate of drug-likeness (QED) is 0.672. The molecule has 1 aromatic carbocycles. The predicted octanol–water partition coefficient (Wildman–Crippen LogP) is 1.38. The van der Waals surface area contributed by atoms with Gasteiger partial charge in [-0.1, -0.05) is 0 Å². The molecule has 1 N–H and O–H groups in total. The van der Waals surface area contributed by atoms with Crippen molar-refractivity contribution < 1.29 is 18.8 Å². The highest BCUT2D eigenvalue weighted by molar-refractivity contribution is 5.54. The van der Waals surface area contributed by atoms with Crippen molar-refractivity contribution in [3.8, 4) is 0 Å². The van der Waals surface area contributed by atoms with Crippen LogP contribution in [0.25, 0.3) is 0 Å². The summed E-state index contributed by atoms with van der Waals surface area (Å²) in [6, 6.07) is 1.49. The molecule has 0 aliphatic carbocycles. The number of aliphatic hydroxyl groups excluding tert-OH is 1. The third kappa shape index (κ3) is 3.64. The lowest BCUT2D eigenvalue weighted by atomic mass is 10.2. The van der Waals surface area contributed by atoms with E-state index in [-0.39, 0.29) is 12.3 Å². The molecule has 0 spiro atoms. The van der Waals surface area contributed by atoms with Gasteiger partial charge in [0.2, 0.25) is 0 Å². The number of hydrogen-bond donors (Lipinski definition) is 1. The van der Waals surface area contributed by atoms with Gasteiger partial charge in [-0.25, -0.2) is 8.78 Å². The van der Waals surface area contributed by atoms with E-state index in [4.69, 9.17) is 5.11 Å². The van der Waals surface area contributed by atoms with Gasteiger partial charge in [-0.3, -0.25) is 15.0 Å². The molecule has 6 nitrogen and oxygen atoms in total. The Morgan fingerprint density at radius 2 is 1.86 bits per heavy atom. The predicted molar refractivity (Wildman–Crippen MR) is 73.4 cm³/mol. The largest absolute Gasteiger partial charge is 0.395 e. The minimum Gasteiger partial charge on any atom is -0.395 e. The summed E-state index contributed by atoms with van der Waals surface area (Å²) in [5, 5.41) is 19.5. The standard InChI is InChI=1S/C13H17F2N3O3/c14-11-8-10(18(20)21)9-12(15)13(11)17-3-1-2-16(4-5-17)6-7-19/h8-9,19H,1-7H2. The van der Waals surface area contributed by atoms with Gasteiger partial charge in [0.05, 0.1) is 23.7 Å². The highest BCUT2D eigenvalue weighted by atomic mass is 19.1. The zero-order valence-corrected chi connectivity index (χ0v) is 11.5. The monoisotopic (exact) mass is 301 g/mol. The minimum absolute atomic E-state index is 0.0419. The first-order valence-electron chi connectivity index (χ1n) is 6.74. The topological polar surface area (TPSA) is 69.9 Å². The average molecular weight is 301 g/mol. The van der Waals surface area contributed by atoms with Crippen LogP contribution in [-0.4, -0.2) is 54.3 Å². The molecule has 2 rings (SSSR count). The smallest absolute Gasteiger partial charge is 0.275 e. The van der Waals surface area contributed by atoms with Crippen LogP contribution in [0.3, 0.4) is 0 Å². The van der Waals surface area contributed by atoms with Crippen LogP contribution in [0.1, 0.15) is 6.42 Å². The molecule has 1 aliphatic rings. The third-order valence-electron chi connectivity index (χ3n) is 3.53. The summed E-state index contributed by atoms with van der Waals surface area (Å²) in [6.45, 7) is 2.77. The Balaban J connectivity index is 2.20. The van der Waals surface area contributed by atoms with Crippen LogP contribution in [0.2, 0.25) is 0 Å². The highest BCUT2D eigenvalue weighted by Crippen LogP contribution is 2.28. The van der Waals surface area contributed by atoms with Crippen molar-refractivity contribution in [3.05, 3.63) is 33.9 Å². The Bertz CT molecular complexity index is 504. The second kappa shape index (κ2) is 6.77. The van der Waals surface area contributed by atoms with Crippen molar-refractivity contribution in [1.82, 2.24) is 4.90 Å². The Labute approximate surface area is 120 Å². The van der Waals surface area contributed by atoms with E-state index in [9.17, 15) is 18.9 Å². The van der Waals surface area contributed by atoms with Gasteiger partial charge in [0, 0.05) is 26.2 Å². The van der Waals surface area contributed by atoms with E-state index in [0.29, 0.717) is 32.6 Å². The molecule has 1 fully saturated rings. The fraction of sp³-hybridized carbons (Fsp3) is 0.538. The number of nitro groups is 1. The van der Waals surface area contributed by atoms with Crippen molar-refractivity contribution in [2.45, 2.75) is 6.42 Å². The summed E-state index contributed by atoms with van der Waals surface area (Å²) in [6.07, 6.45) is 0.704. The second-order valence-corrected chi connectivity index (χ2v) is 4.92. The van der Waals surface area contributed by atoms with Crippen molar-refractivity contribution in [2.75, 3.05) is 44.2 Å². The molecule has 21 heavy (non-hydrogen) atoms. The van der Waals surface area contributed by atoms with Gasteiger partial charge in [-0.05, 0) is 13.0 Å². The molecule has 8 heteroatoms. The lowest BCUT2D eigenvalue weighted by molar-refractivity contribution is -0.385. The molecule has 1 aliphatic heterocycles. The fourth-order valence-electron chi connectivity index (χ4n) is 2.52. The molecular weight excluding hydrogens is 284 g/mol. The van der Waals surface area contributed by atoms with Crippen molar-refractivity contribution >= 4 is 11.4 Å². The van der Waals surface area contributed by atoms with E-state index >= 15 is 0 Å². The number of hydrogen-bond acceptors (Lipinski definition) is 5. The first-order chi connectivity index (χ1) is 10.0. The maximum absolute atomic E-state index is 14.0. The van der Waals surface area contributed by atoms with Gasteiger partial charge in [-0.15, -0.1) is 0 Å². The molecule has 1 heterocycles. The normalized spacial score (nSPS) is 16.8. The van der Waals surface area contributed by atoms with Gasteiger partial charge in [0.15, 0.2) is 11.6 Å². The van der Waals surface area contributed by atoms with Crippen LogP contribution in [0.4, 0.5) is 20.2 Å². The summed E-state index contributed by atoms with van der Waals surface area (Å²) >= 11 is 0. The molecule has 1 saturated heterocycles. The van der Waals surface area contributed by atoms with E-state index in [0.717, 1.165) is 18.7 Å². The number of rotatable bonds is 4. The first kappa shape index (κ1) is 15.6. The Hall–Kier alpha value is -1.80. The molecule has 1 aromatic rings. The molecular formula is C13H17F2N3O3. The maximum atomic E-state index is 14.0. The average Bonchev–Trinajstić information content (AvgIpc) is 2.64. The van der Waals surface area contributed by atoms with Gasteiger partial charge in [-0.2, -0.15) is 0 Å². The zero-order valence-electron chi connectivity index (χ0n) is 11.5. The highest BCUT2D eigenvalue weighted by Gasteiger charge is 2.23. The fourth-order valence-corrected chi connectivity index (χ4v) is 2.52. The van der Waals surface area contributed by atoms with Crippen molar-refractivity contribution in [1.29, 1.82) is 0 Å². The Morgan fingerprint density at radius 1 is 1.19 bits per heavy atom. The number of anilines is 1. The molecule has 0 bridgehead atoms. The number of nitrogens with zero attached hydrogens (tertiary/aromatic N) is 3. The second-order valence-electron chi connectivity index (χ2n) is 4.92. The number of benzene rings is 1. The molecule has 0 amide bonds. The van der Waals surface area contributed by atoms with Crippen LogP contribution in [0, 0.1) is 21.7 Å². The number of nitro benzene ring substituents is 1. The van der Waals surface area contributed by atoms with Gasteiger partial charge >= 0.3 is 0 Å². The first-order valence-corrected chi connectivity index (χ1v) is 6.74. The minimum atomic E-state index is -0.919. The van der Waals surface area contributed by atoms with Crippen LogP contribution in [-0.2, 0) is 0 Å². The zero-order chi connectivity index (χ0) is 15.4. The Morgan fingerprint density at radius 3 is 2.43 bits per heavy atom. The molecule has 0 aromatic heterocycles. The lowest BCUT2D eigenvalue weighted by Gasteiger charge is -2.24. The van der Waals surface area contributed by atoms with Crippen LogP contribution in [0.5, 0.6) is 0 Å². The van der Waals surface area contributed by atoms with Crippen molar-refractivity contribution in [2.24, 2.45) is 0 Å². The number of aliphatic hydroxyl groups is 1. The molecule has 0 unspecified atom stereocenters. The van der Waals surface area contributed by atoms with E-state index in [2.05, 4.69) is 0 Å². The van der Waals surface area contributed by atoms with E-state index in [1.165, 1.54) is 0 Å². The van der Waals surface area contributed by atoms with Crippen LogP contribution < -0.4 is 4.90 Å². The molecule has 0 atom stereocenters. The molecule has 0 saturated carbocycles. The van der Waals surface area contributed by atoms with Gasteiger partial charge < -0.3 is 10.0 Å². The molecule has 116 valence electrons. The van der Waals surface area contributed by atoms with Crippen LogP contribution >= 0.6 is 0 Å². The van der Waals surface area contributed by atoms with E-state index in [1.807, 2.05) is 4.90 Å². The van der Waals surface area contributed by atoms with Crippen LogP contribution in [0.15, 0.2) is 12.1 Å². The Kier molecular flexibility index (Phi) is 5.03. The summed E-state index contributed by atoms with van der Waals surface area (Å²) in [5.41, 5.74) is -0.808. The summed E-state index contributed by atoms with van der Waals surface area (Å²) in [4.78, 5) is 13.3. The van der Waals surface area contributed by atoms with Gasteiger partial charge in [0.25, 0.3) is 5.69 Å². The van der Waals surface area contributed by atoms with E-state index in [1.54, 1.807) is 4.90 Å². The summed E-state index contributed by atoms with van der Waals surface area (Å²) < 4.78 is 28.0. The van der Waals surface area contributed by atoms with Gasteiger partial charge in [0.1, 0.15) is 5.69 Å². The maximum Gasteiger partial charge on any atom is 0.275 e. The summed E-state index contributed by atoms with van der Waals surface area (Å²) in [7, 11) is 0. The lowest BCUT2D eigenvalue weighted by Crippen LogP contribution is -2.33. The van der Waals surface area contributed by atoms with E-state index < -0.39 is 22.2 Å². The number of halogens is 2. The third-order valence-corrected chi connectivity index (χ3v) is 3.53. The molecule has 0 radical (unpaired) electrons. The summed E-state index contributed by atoms with van der Waals surface area (Å²) in [5.74, 6) is -1.84. The number of non-ortho nitro benzene ring substituents is 1. The van der Waals surface area contributed by atoms with Crippen molar-refractivity contribution in [3.63, 3.8) is 0 Å². The number of β-amino-alcohol motifs (C(OH)–C–C–N with tert-alkyl or cyclic N) is 1. The SMILES string of the molecule is O=[N+]([O-])c1cc(F)c(N2CCCN(CCO)CC2)c(F)c1.